The SMILES string of the molecule is COc1cc2oc(C)c(C)c2cc1/C(C)=C/C(=O)Nc1ccc(C(C)C)cc1. The fourth-order valence-electron chi connectivity index (χ4n) is 3.25. The number of allylic oxidation sites excluding steroid dienone is 1. The third-order valence-electron chi connectivity index (χ3n) is 5.11. The molecule has 0 aliphatic rings. The van der Waals surface area contributed by atoms with Crippen molar-refractivity contribution in [3.05, 3.63) is 64.9 Å². The molecule has 0 atom stereocenters. The normalized spacial score (nSPS) is 11.9. The maximum atomic E-state index is 12.5. The van der Waals surface area contributed by atoms with E-state index in [2.05, 4.69) is 19.2 Å². The van der Waals surface area contributed by atoms with Gasteiger partial charge in [0.1, 0.15) is 17.1 Å². The van der Waals surface area contributed by atoms with Crippen molar-refractivity contribution in [1.82, 2.24) is 0 Å². The molecule has 28 heavy (non-hydrogen) atoms. The van der Waals surface area contributed by atoms with Crippen molar-refractivity contribution in [2.75, 3.05) is 12.4 Å². The Morgan fingerprint density at radius 1 is 1.14 bits per heavy atom. The van der Waals surface area contributed by atoms with Crippen molar-refractivity contribution in [3.8, 4) is 5.75 Å². The number of ether oxygens (including phenoxy) is 1. The number of methoxy groups -OCH3 is 1. The van der Waals surface area contributed by atoms with Gasteiger partial charge in [-0.05, 0) is 61.6 Å². The van der Waals surface area contributed by atoms with Crippen LogP contribution in [0.15, 0.2) is 46.9 Å². The van der Waals surface area contributed by atoms with Gasteiger partial charge in [0.25, 0.3) is 0 Å². The van der Waals surface area contributed by atoms with Crippen molar-refractivity contribution >= 4 is 28.1 Å². The number of furan rings is 1. The van der Waals surface area contributed by atoms with E-state index in [0.717, 1.165) is 39.1 Å². The zero-order valence-corrected chi connectivity index (χ0v) is 17.3. The lowest BCUT2D eigenvalue weighted by molar-refractivity contribution is -0.111. The summed E-state index contributed by atoms with van der Waals surface area (Å²) in [6.45, 7) is 10.2. The van der Waals surface area contributed by atoms with Crippen LogP contribution < -0.4 is 10.1 Å². The molecule has 3 rings (SSSR count). The first-order valence-corrected chi connectivity index (χ1v) is 9.47. The molecular formula is C24H27NO3. The second kappa shape index (κ2) is 7.93. The highest BCUT2D eigenvalue weighted by molar-refractivity contribution is 6.04. The van der Waals surface area contributed by atoms with Gasteiger partial charge >= 0.3 is 0 Å². The highest BCUT2D eigenvalue weighted by atomic mass is 16.5. The quantitative estimate of drug-likeness (QED) is 0.537. The van der Waals surface area contributed by atoms with Gasteiger partial charge in [0.15, 0.2) is 0 Å². The van der Waals surface area contributed by atoms with Crippen LogP contribution in [0.1, 0.15) is 49.1 Å². The molecule has 3 aromatic rings. The average Bonchev–Trinajstić information content (AvgIpc) is 2.94. The lowest BCUT2D eigenvalue weighted by Gasteiger charge is -2.10. The lowest BCUT2D eigenvalue weighted by atomic mass is 10.0. The first-order valence-electron chi connectivity index (χ1n) is 9.47. The fraction of sp³-hybridized carbons (Fsp3) is 0.292. The van der Waals surface area contributed by atoms with Gasteiger partial charge in [0.05, 0.1) is 7.11 Å². The van der Waals surface area contributed by atoms with Crippen molar-refractivity contribution in [1.29, 1.82) is 0 Å². The molecule has 0 aliphatic heterocycles. The number of hydrogen-bond acceptors (Lipinski definition) is 3. The molecule has 0 saturated heterocycles. The number of aryl methyl sites for hydroxylation is 2. The maximum absolute atomic E-state index is 12.5. The molecule has 2 aromatic carbocycles. The summed E-state index contributed by atoms with van der Waals surface area (Å²) in [4.78, 5) is 12.5. The van der Waals surface area contributed by atoms with Crippen LogP contribution >= 0.6 is 0 Å². The Balaban J connectivity index is 1.87. The highest BCUT2D eigenvalue weighted by Gasteiger charge is 2.14. The van der Waals surface area contributed by atoms with Gasteiger partial charge in [-0.3, -0.25) is 4.79 Å². The zero-order valence-electron chi connectivity index (χ0n) is 17.3. The molecule has 0 radical (unpaired) electrons. The number of rotatable bonds is 5. The molecule has 4 nitrogen and oxygen atoms in total. The summed E-state index contributed by atoms with van der Waals surface area (Å²) in [6.07, 6.45) is 1.60. The van der Waals surface area contributed by atoms with Crippen LogP contribution in [0, 0.1) is 13.8 Å². The van der Waals surface area contributed by atoms with Crippen molar-refractivity contribution in [3.63, 3.8) is 0 Å². The Hall–Kier alpha value is -3.01. The molecule has 1 heterocycles. The largest absolute Gasteiger partial charge is 0.496 e. The van der Waals surface area contributed by atoms with Crippen LogP contribution in [0.5, 0.6) is 5.75 Å². The van der Waals surface area contributed by atoms with Gasteiger partial charge in [-0.25, -0.2) is 0 Å². The summed E-state index contributed by atoms with van der Waals surface area (Å²) in [5, 5.41) is 3.96. The molecule has 0 aliphatic carbocycles. The number of anilines is 1. The minimum atomic E-state index is -0.169. The van der Waals surface area contributed by atoms with E-state index in [1.54, 1.807) is 13.2 Å². The van der Waals surface area contributed by atoms with Gasteiger partial charge in [-0.15, -0.1) is 0 Å². The van der Waals surface area contributed by atoms with E-state index in [1.165, 1.54) is 5.56 Å². The van der Waals surface area contributed by atoms with Gasteiger partial charge in [0, 0.05) is 28.8 Å². The first-order chi connectivity index (χ1) is 13.3. The van der Waals surface area contributed by atoms with E-state index in [-0.39, 0.29) is 5.91 Å². The first kappa shape index (κ1) is 19.7. The number of carbonyl (C=O) groups is 1. The molecule has 0 unspecified atom stereocenters. The summed E-state index contributed by atoms with van der Waals surface area (Å²) in [7, 11) is 1.62. The van der Waals surface area contributed by atoms with Crippen LogP contribution in [0.2, 0.25) is 0 Å². The monoisotopic (exact) mass is 377 g/mol. The van der Waals surface area contributed by atoms with Crippen LogP contribution in [0.25, 0.3) is 16.5 Å². The Morgan fingerprint density at radius 2 is 1.82 bits per heavy atom. The molecule has 1 N–H and O–H groups in total. The van der Waals surface area contributed by atoms with Crippen LogP contribution in [0.4, 0.5) is 5.69 Å². The van der Waals surface area contributed by atoms with E-state index in [9.17, 15) is 4.79 Å². The van der Waals surface area contributed by atoms with E-state index in [4.69, 9.17) is 9.15 Å². The van der Waals surface area contributed by atoms with Crippen molar-refractivity contribution < 1.29 is 13.9 Å². The molecule has 0 fully saturated rings. The number of hydrogen-bond donors (Lipinski definition) is 1. The fourth-order valence-corrected chi connectivity index (χ4v) is 3.25. The summed E-state index contributed by atoms with van der Waals surface area (Å²) < 4.78 is 11.3. The van der Waals surface area contributed by atoms with Crippen LogP contribution in [0.3, 0.4) is 0 Å². The smallest absolute Gasteiger partial charge is 0.248 e. The predicted octanol–water partition coefficient (Wildman–Crippen LogP) is 6.22. The van der Waals surface area contributed by atoms with Gasteiger partial charge in [0.2, 0.25) is 5.91 Å². The number of carbonyl (C=O) groups excluding carboxylic acids is 1. The second-order valence-electron chi connectivity index (χ2n) is 7.43. The molecule has 146 valence electrons. The van der Waals surface area contributed by atoms with Crippen LogP contribution in [-0.2, 0) is 4.79 Å². The summed E-state index contributed by atoms with van der Waals surface area (Å²) >= 11 is 0. The molecular weight excluding hydrogens is 350 g/mol. The molecule has 1 amide bonds. The Kier molecular flexibility index (Phi) is 5.59. The molecule has 4 heteroatoms. The maximum Gasteiger partial charge on any atom is 0.248 e. The molecule has 0 saturated carbocycles. The molecule has 0 bridgehead atoms. The lowest BCUT2D eigenvalue weighted by Crippen LogP contribution is -2.08. The molecule has 0 spiro atoms. The number of fused-ring (bicyclic) bond motifs is 1. The highest BCUT2D eigenvalue weighted by Crippen LogP contribution is 2.34. The standard InChI is InChI=1S/C24H27NO3/c1-14(2)18-7-9-19(10-8-18)25-24(26)11-15(3)20-12-21-16(4)17(5)28-23(21)13-22(20)27-6/h7-14H,1-6H3,(H,25,26)/b15-11+. The Morgan fingerprint density at radius 3 is 2.43 bits per heavy atom. The summed E-state index contributed by atoms with van der Waals surface area (Å²) in [5.74, 6) is 1.86. The zero-order chi connectivity index (χ0) is 20.4. The predicted molar refractivity (Wildman–Crippen MR) is 115 cm³/mol. The van der Waals surface area contributed by atoms with Crippen molar-refractivity contribution in [2.24, 2.45) is 0 Å². The van der Waals surface area contributed by atoms with E-state index in [0.29, 0.717) is 11.7 Å². The number of amides is 1. The summed E-state index contributed by atoms with van der Waals surface area (Å²) in [6, 6.07) is 11.8. The third-order valence-corrected chi connectivity index (χ3v) is 5.11. The van der Waals surface area contributed by atoms with E-state index < -0.39 is 0 Å². The average molecular weight is 377 g/mol. The Bertz CT molecular complexity index is 1040. The van der Waals surface area contributed by atoms with Crippen LogP contribution in [-0.4, -0.2) is 13.0 Å². The van der Waals surface area contributed by atoms with Gasteiger partial charge < -0.3 is 14.5 Å². The third kappa shape index (κ3) is 3.96. The number of nitrogens with one attached hydrogen (secondary N) is 1. The van der Waals surface area contributed by atoms with Gasteiger partial charge in [-0.1, -0.05) is 26.0 Å². The number of benzene rings is 2. The Labute approximate surface area is 166 Å². The second-order valence-corrected chi connectivity index (χ2v) is 7.43. The van der Waals surface area contributed by atoms with Gasteiger partial charge in [-0.2, -0.15) is 0 Å². The van der Waals surface area contributed by atoms with E-state index >= 15 is 0 Å². The van der Waals surface area contributed by atoms with E-state index in [1.807, 2.05) is 57.2 Å². The van der Waals surface area contributed by atoms with Crippen molar-refractivity contribution in [2.45, 2.75) is 40.5 Å². The molecule has 1 aromatic heterocycles. The minimum absolute atomic E-state index is 0.169. The summed E-state index contributed by atoms with van der Waals surface area (Å²) in [5.41, 5.74) is 5.62. The topological polar surface area (TPSA) is 51.5 Å². The minimum Gasteiger partial charge on any atom is -0.496 e.